The molecule has 0 aliphatic heterocycles. The molecule has 0 aliphatic carbocycles. The van der Waals surface area contributed by atoms with Gasteiger partial charge in [-0.05, 0) is 24.3 Å². The molecule has 2 rings (SSSR count). The number of carbonyl (C=O) groups excluding carboxylic acids is 1. The lowest BCUT2D eigenvalue weighted by atomic mass is 10.3. The number of hydrogen-bond acceptors (Lipinski definition) is 5. The lowest BCUT2D eigenvalue weighted by molar-refractivity contribution is -0.113. The summed E-state index contributed by atoms with van der Waals surface area (Å²) in [5, 5.41) is 11.2. The van der Waals surface area contributed by atoms with Crippen LogP contribution in [0.1, 0.15) is 16.3 Å². The van der Waals surface area contributed by atoms with Crippen molar-refractivity contribution in [3.05, 3.63) is 54.0 Å². The summed E-state index contributed by atoms with van der Waals surface area (Å²) >= 11 is 0. The summed E-state index contributed by atoms with van der Waals surface area (Å²) in [6.07, 6.45) is 0. The molecule has 0 saturated carbocycles. The fourth-order valence-corrected chi connectivity index (χ4v) is 2.92. The number of carboxylic acid groups (broad SMARTS) is 1. The van der Waals surface area contributed by atoms with Crippen LogP contribution in [0.2, 0.25) is 0 Å². The molecular weight excluding hydrogens is 310 g/mol. The Kier molecular flexibility index (Phi) is 4.62. The molecule has 0 bridgehead atoms. The predicted molar refractivity (Wildman–Crippen MR) is 78.2 cm³/mol. The Morgan fingerprint density at radius 3 is 2.36 bits per heavy atom. The number of amides is 1. The van der Waals surface area contributed by atoms with E-state index in [0.717, 1.165) is 6.07 Å². The normalized spacial score (nSPS) is 11.1. The first-order chi connectivity index (χ1) is 10.4. The van der Waals surface area contributed by atoms with E-state index >= 15 is 0 Å². The molecular formula is C14H13NO6S. The molecule has 2 aromatic rings. The number of hydrogen-bond donors (Lipinski definition) is 2. The van der Waals surface area contributed by atoms with Crippen LogP contribution >= 0.6 is 0 Å². The van der Waals surface area contributed by atoms with Crippen molar-refractivity contribution in [1.29, 1.82) is 0 Å². The van der Waals surface area contributed by atoms with Crippen molar-refractivity contribution in [2.24, 2.45) is 0 Å². The second kappa shape index (κ2) is 6.44. The fraction of sp³-hybridized carbons (Fsp3) is 0.143. The van der Waals surface area contributed by atoms with Gasteiger partial charge in [0, 0.05) is 5.69 Å². The highest BCUT2D eigenvalue weighted by Crippen LogP contribution is 2.12. The van der Waals surface area contributed by atoms with Gasteiger partial charge in [0.1, 0.15) is 17.3 Å². The van der Waals surface area contributed by atoms with Crippen LogP contribution in [-0.2, 0) is 20.4 Å². The van der Waals surface area contributed by atoms with Crippen LogP contribution in [-0.4, -0.2) is 31.2 Å². The number of sulfone groups is 1. The van der Waals surface area contributed by atoms with E-state index in [1.54, 1.807) is 30.3 Å². The Morgan fingerprint density at radius 2 is 1.77 bits per heavy atom. The zero-order valence-corrected chi connectivity index (χ0v) is 12.2. The molecule has 0 radical (unpaired) electrons. The molecule has 8 heteroatoms. The lowest BCUT2D eigenvalue weighted by Crippen LogP contribution is -2.23. The Hall–Kier alpha value is -2.61. The molecule has 0 fully saturated rings. The Bertz CT molecular complexity index is 779. The number of anilines is 1. The maximum atomic E-state index is 11.9. The Morgan fingerprint density at radius 1 is 1.09 bits per heavy atom. The highest BCUT2D eigenvalue weighted by atomic mass is 32.2. The minimum absolute atomic E-state index is 0.0232. The molecule has 1 aromatic heterocycles. The predicted octanol–water partition coefficient (Wildman–Crippen LogP) is 1.53. The first-order valence-electron chi connectivity index (χ1n) is 6.23. The molecule has 1 amide bonds. The highest BCUT2D eigenvalue weighted by Gasteiger charge is 2.20. The van der Waals surface area contributed by atoms with Gasteiger partial charge in [0.2, 0.25) is 11.7 Å². The first kappa shape index (κ1) is 15.8. The van der Waals surface area contributed by atoms with Gasteiger partial charge < -0.3 is 14.8 Å². The standard InChI is InChI=1S/C14H13NO6S/c16-13(15-10-4-2-1-3-5-10)9-22(19,20)8-11-6-7-12(21-11)14(17)18/h1-7H,8-9H2,(H,15,16)(H,17,18). The number of nitrogens with one attached hydrogen (secondary N) is 1. The minimum atomic E-state index is -3.77. The van der Waals surface area contributed by atoms with E-state index in [-0.39, 0.29) is 11.5 Å². The van der Waals surface area contributed by atoms with Crippen molar-refractivity contribution < 1.29 is 27.5 Å². The van der Waals surface area contributed by atoms with E-state index in [9.17, 15) is 18.0 Å². The number of carbonyl (C=O) groups is 2. The van der Waals surface area contributed by atoms with Gasteiger partial charge in [0.05, 0.1) is 0 Å². The lowest BCUT2D eigenvalue weighted by Gasteiger charge is -2.05. The summed E-state index contributed by atoms with van der Waals surface area (Å²) in [5.74, 6) is -3.58. The van der Waals surface area contributed by atoms with E-state index in [1.807, 2.05) is 0 Å². The van der Waals surface area contributed by atoms with Crippen molar-refractivity contribution in [3.8, 4) is 0 Å². The smallest absolute Gasteiger partial charge is 0.371 e. The van der Waals surface area contributed by atoms with Crippen LogP contribution in [0, 0.1) is 0 Å². The summed E-state index contributed by atoms with van der Waals surface area (Å²) in [5.41, 5.74) is 0.494. The third-order valence-electron chi connectivity index (χ3n) is 2.64. The number of benzene rings is 1. The zero-order valence-electron chi connectivity index (χ0n) is 11.4. The average Bonchev–Trinajstić information content (AvgIpc) is 2.86. The number of furan rings is 1. The molecule has 0 unspecified atom stereocenters. The second-order valence-corrected chi connectivity index (χ2v) is 6.58. The molecule has 0 saturated heterocycles. The number of aromatic carboxylic acids is 1. The van der Waals surface area contributed by atoms with Crippen LogP contribution in [0.25, 0.3) is 0 Å². The molecule has 0 atom stereocenters. The van der Waals surface area contributed by atoms with Crippen molar-refractivity contribution in [3.63, 3.8) is 0 Å². The monoisotopic (exact) mass is 323 g/mol. The van der Waals surface area contributed by atoms with Gasteiger partial charge in [-0.3, -0.25) is 4.79 Å². The fourth-order valence-electron chi connectivity index (χ4n) is 1.76. The maximum absolute atomic E-state index is 11.9. The van der Waals surface area contributed by atoms with Crippen molar-refractivity contribution in [2.75, 3.05) is 11.1 Å². The van der Waals surface area contributed by atoms with Crippen LogP contribution in [0.4, 0.5) is 5.69 Å². The Labute approximate surface area is 126 Å². The van der Waals surface area contributed by atoms with Gasteiger partial charge in [0.25, 0.3) is 0 Å². The first-order valence-corrected chi connectivity index (χ1v) is 8.05. The quantitative estimate of drug-likeness (QED) is 0.833. The molecule has 22 heavy (non-hydrogen) atoms. The van der Waals surface area contributed by atoms with Gasteiger partial charge in [-0.1, -0.05) is 18.2 Å². The molecule has 0 spiro atoms. The largest absolute Gasteiger partial charge is 0.475 e. The highest BCUT2D eigenvalue weighted by molar-refractivity contribution is 7.91. The van der Waals surface area contributed by atoms with E-state index in [2.05, 4.69) is 5.32 Å². The van der Waals surface area contributed by atoms with E-state index in [1.165, 1.54) is 6.07 Å². The number of rotatable bonds is 6. The zero-order chi connectivity index (χ0) is 16.2. The third-order valence-corrected chi connectivity index (χ3v) is 4.07. The van der Waals surface area contributed by atoms with Crippen LogP contribution < -0.4 is 5.32 Å². The number of carboxylic acids is 1. The topological polar surface area (TPSA) is 114 Å². The average molecular weight is 323 g/mol. The van der Waals surface area contributed by atoms with E-state index in [0.29, 0.717) is 5.69 Å². The van der Waals surface area contributed by atoms with Crippen molar-refractivity contribution in [1.82, 2.24) is 0 Å². The van der Waals surface area contributed by atoms with Gasteiger partial charge >= 0.3 is 5.97 Å². The van der Waals surface area contributed by atoms with Crippen LogP contribution in [0.3, 0.4) is 0 Å². The molecule has 1 heterocycles. The summed E-state index contributed by atoms with van der Waals surface area (Å²) in [7, 11) is -3.77. The van der Waals surface area contributed by atoms with Gasteiger partial charge in [-0.25, -0.2) is 13.2 Å². The maximum Gasteiger partial charge on any atom is 0.371 e. The summed E-state index contributed by atoms with van der Waals surface area (Å²) < 4.78 is 28.7. The summed E-state index contributed by atoms with van der Waals surface area (Å²) in [4.78, 5) is 22.4. The van der Waals surface area contributed by atoms with E-state index < -0.39 is 33.2 Å². The Balaban J connectivity index is 1.98. The molecule has 116 valence electrons. The summed E-state index contributed by atoms with van der Waals surface area (Å²) in [6.45, 7) is 0. The van der Waals surface area contributed by atoms with Gasteiger partial charge in [-0.15, -0.1) is 0 Å². The van der Waals surface area contributed by atoms with Gasteiger partial charge in [0.15, 0.2) is 9.84 Å². The van der Waals surface area contributed by atoms with Crippen molar-refractivity contribution >= 4 is 27.4 Å². The third kappa shape index (κ3) is 4.45. The molecule has 1 aromatic carbocycles. The minimum Gasteiger partial charge on any atom is -0.475 e. The second-order valence-electron chi connectivity index (χ2n) is 4.52. The van der Waals surface area contributed by atoms with Crippen LogP contribution in [0.5, 0.6) is 0 Å². The molecule has 2 N–H and O–H groups in total. The van der Waals surface area contributed by atoms with Crippen LogP contribution in [0.15, 0.2) is 46.9 Å². The summed E-state index contributed by atoms with van der Waals surface area (Å²) in [6, 6.07) is 10.9. The SMILES string of the molecule is O=C(CS(=O)(=O)Cc1ccc(C(=O)O)o1)Nc1ccccc1. The van der Waals surface area contributed by atoms with Gasteiger partial charge in [-0.2, -0.15) is 0 Å². The van der Waals surface area contributed by atoms with Crippen molar-refractivity contribution in [2.45, 2.75) is 5.75 Å². The van der Waals surface area contributed by atoms with E-state index in [4.69, 9.17) is 9.52 Å². The molecule has 0 aliphatic rings. The molecule has 7 nitrogen and oxygen atoms in total. The number of para-hydroxylation sites is 1.